The van der Waals surface area contributed by atoms with Crippen LogP contribution < -0.4 is 0 Å². The summed E-state index contributed by atoms with van der Waals surface area (Å²) in [6.07, 6.45) is 35.4. The van der Waals surface area contributed by atoms with Gasteiger partial charge >= 0.3 is 0 Å². The molecule has 5 aliphatic rings. The van der Waals surface area contributed by atoms with E-state index in [1.807, 2.05) is 6.08 Å². The number of nitrogens with zero attached hydrogens (tertiary/aromatic N) is 2. The number of aliphatic hydroxyl groups excluding tert-OH is 1. The van der Waals surface area contributed by atoms with E-state index in [4.69, 9.17) is 0 Å². The van der Waals surface area contributed by atoms with Gasteiger partial charge in [-0.3, -0.25) is 4.90 Å². The first kappa shape index (κ1) is 26.6. The number of hydrogen-bond donors (Lipinski definition) is 1. The van der Waals surface area contributed by atoms with Gasteiger partial charge in [0.2, 0.25) is 0 Å². The van der Waals surface area contributed by atoms with Crippen molar-refractivity contribution in [2.24, 2.45) is 17.8 Å². The van der Waals surface area contributed by atoms with Crippen LogP contribution in [0.1, 0.15) is 77.0 Å². The third-order valence-electron chi connectivity index (χ3n) is 8.61. The van der Waals surface area contributed by atoms with Crippen LogP contribution in [0.3, 0.4) is 0 Å². The minimum atomic E-state index is -0.382. The Morgan fingerprint density at radius 1 is 0.686 bits per heavy atom. The summed E-state index contributed by atoms with van der Waals surface area (Å²) in [5.41, 5.74) is 1.63. The molecule has 0 radical (unpaired) electrons. The highest BCUT2D eigenvalue weighted by molar-refractivity contribution is 5.14. The van der Waals surface area contributed by atoms with E-state index in [0.29, 0.717) is 5.92 Å². The van der Waals surface area contributed by atoms with Crippen LogP contribution in [0.5, 0.6) is 0 Å². The highest BCUT2D eigenvalue weighted by Crippen LogP contribution is 2.37. The maximum absolute atomic E-state index is 10.8. The molecule has 5 rings (SSSR count). The maximum atomic E-state index is 10.8. The zero-order valence-electron chi connectivity index (χ0n) is 22.1. The molecule has 3 unspecified atom stereocenters. The van der Waals surface area contributed by atoms with Crippen molar-refractivity contribution in [1.82, 2.24) is 9.80 Å². The van der Waals surface area contributed by atoms with Crippen LogP contribution in [-0.2, 0) is 0 Å². The zero-order valence-corrected chi connectivity index (χ0v) is 22.1. The molecule has 0 aromatic heterocycles. The quantitative estimate of drug-likeness (QED) is 0.393. The summed E-state index contributed by atoms with van der Waals surface area (Å²) < 4.78 is 0. The van der Waals surface area contributed by atoms with E-state index in [9.17, 15) is 5.11 Å². The standard InChI is InChI=1S/C32H50N2O/c35-31-19-15-11-7-2-1-6-10-14-18-29-25-33-21-16-12-8-4-3-5-9-13-17-28-23-30(32(29)20-22-33)26-34(24-28)27-31/h3-4,7-8,11-12,15,19,23,29-32,35H,1-2,5-6,9-10,13-14,16-18,20-22,24-27H2/b4-3-,11-7-,12-8+,19-15-/t29-,30+,31?,32-/m1/s1. The van der Waals surface area contributed by atoms with Crippen molar-refractivity contribution in [2.75, 3.05) is 39.3 Å². The zero-order chi connectivity index (χ0) is 24.1. The van der Waals surface area contributed by atoms with Crippen LogP contribution in [0, 0.1) is 17.8 Å². The highest BCUT2D eigenvalue weighted by Gasteiger charge is 2.36. The van der Waals surface area contributed by atoms with Crippen molar-refractivity contribution in [3.8, 4) is 0 Å². The molecule has 0 spiro atoms. The summed E-state index contributed by atoms with van der Waals surface area (Å²) in [5.74, 6) is 2.25. The fraction of sp³-hybridized carbons (Fsp3) is 0.688. The molecule has 5 heterocycles. The molecule has 0 aromatic rings. The molecule has 1 saturated heterocycles. The minimum Gasteiger partial charge on any atom is -0.388 e. The molecular formula is C32H50N2O. The highest BCUT2D eigenvalue weighted by atomic mass is 16.3. The fourth-order valence-electron chi connectivity index (χ4n) is 6.75. The van der Waals surface area contributed by atoms with Gasteiger partial charge < -0.3 is 10.0 Å². The van der Waals surface area contributed by atoms with E-state index in [2.05, 4.69) is 58.4 Å². The number of fused-ring (bicyclic) bond motifs is 9. The van der Waals surface area contributed by atoms with E-state index in [-0.39, 0.29) is 6.10 Å². The topological polar surface area (TPSA) is 26.7 Å². The lowest BCUT2D eigenvalue weighted by atomic mass is 9.72. The summed E-state index contributed by atoms with van der Waals surface area (Å²) in [5, 5.41) is 10.8. The van der Waals surface area contributed by atoms with E-state index >= 15 is 0 Å². The van der Waals surface area contributed by atoms with E-state index in [1.54, 1.807) is 5.57 Å². The Morgan fingerprint density at radius 2 is 1.46 bits per heavy atom. The Hall–Kier alpha value is -1.42. The Bertz CT molecular complexity index is 764. The lowest BCUT2D eigenvalue weighted by molar-refractivity contribution is 0.0629. The summed E-state index contributed by atoms with van der Waals surface area (Å²) in [6.45, 7) is 6.66. The number of aliphatic hydroxyl groups is 1. The van der Waals surface area contributed by atoms with Gasteiger partial charge in [0.1, 0.15) is 0 Å². The number of rotatable bonds is 0. The average molecular weight is 479 g/mol. The number of hydrogen-bond acceptors (Lipinski definition) is 3. The van der Waals surface area contributed by atoms with Crippen LogP contribution in [0.15, 0.2) is 60.3 Å². The van der Waals surface area contributed by atoms with Crippen molar-refractivity contribution < 1.29 is 5.11 Å². The molecule has 0 saturated carbocycles. The van der Waals surface area contributed by atoms with Crippen LogP contribution >= 0.6 is 0 Å². The Morgan fingerprint density at radius 3 is 2.34 bits per heavy atom. The molecule has 5 aliphatic heterocycles. The van der Waals surface area contributed by atoms with Gasteiger partial charge in [-0.25, -0.2) is 0 Å². The van der Waals surface area contributed by atoms with Crippen molar-refractivity contribution in [1.29, 1.82) is 0 Å². The molecule has 3 nitrogen and oxygen atoms in total. The van der Waals surface area contributed by atoms with Crippen LogP contribution in [0.4, 0.5) is 0 Å². The summed E-state index contributed by atoms with van der Waals surface area (Å²) >= 11 is 0. The second-order valence-corrected chi connectivity index (χ2v) is 11.5. The monoisotopic (exact) mass is 478 g/mol. The predicted molar refractivity (Wildman–Crippen MR) is 149 cm³/mol. The summed E-state index contributed by atoms with van der Waals surface area (Å²) in [6, 6.07) is 0. The Kier molecular flexibility index (Phi) is 11.4. The van der Waals surface area contributed by atoms with Gasteiger partial charge in [-0.15, -0.1) is 0 Å². The largest absolute Gasteiger partial charge is 0.388 e. The van der Waals surface area contributed by atoms with Gasteiger partial charge in [-0.05, 0) is 82.1 Å². The first-order valence-electron chi connectivity index (χ1n) is 14.8. The smallest absolute Gasteiger partial charge is 0.0851 e. The van der Waals surface area contributed by atoms with Gasteiger partial charge in [-0.1, -0.05) is 79.5 Å². The average Bonchev–Trinajstić information content (AvgIpc) is 2.85. The summed E-state index contributed by atoms with van der Waals surface area (Å²) in [7, 11) is 0. The van der Waals surface area contributed by atoms with Crippen molar-refractivity contribution in [3.63, 3.8) is 0 Å². The van der Waals surface area contributed by atoms with Crippen molar-refractivity contribution in [2.45, 2.75) is 83.2 Å². The van der Waals surface area contributed by atoms with E-state index in [1.165, 1.54) is 90.3 Å². The van der Waals surface area contributed by atoms with Gasteiger partial charge in [0.05, 0.1) is 6.10 Å². The van der Waals surface area contributed by atoms with Crippen LogP contribution in [0.2, 0.25) is 0 Å². The molecule has 6 atom stereocenters. The first-order valence-corrected chi connectivity index (χ1v) is 14.8. The number of allylic oxidation sites excluding steroid dienone is 6. The van der Waals surface area contributed by atoms with Gasteiger partial charge in [0, 0.05) is 32.7 Å². The normalized spacial score (nSPS) is 39.7. The molecule has 1 fully saturated rings. The molecule has 3 heteroatoms. The third-order valence-corrected chi connectivity index (χ3v) is 8.61. The van der Waals surface area contributed by atoms with Crippen molar-refractivity contribution in [3.05, 3.63) is 60.3 Å². The summed E-state index contributed by atoms with van der Waals surface area (Å²) in [4.78, 5) is 5.32. The predicted octanol–water partition coefficient (Wildman–Crippen LogP) is 6.69. The van der Waals surface area contributed by atoms with E-state index < -0.39 is 0 Å². The third kappa shape index (κ3) is 9.19. The Balaban J connectivity index is 1.55. The van der Waals surface area contributed by atoms with Crippen molar-refractivity contribution >= 4 is 0 Å². The maximum Gasteiger partial charge on any atom is 0.0851 e. The molecule has 0 aliphatic carbocycles. The lowest BCUT2D eigenvalue weighted by Crippen LogP contribution is -2.47. The SMILES string of the molecule is OC1/C=C\C=C/CCCCCC[C@@H]2CN3CC/C=C/C=C\CCCCC4=C[C@@H](CN(C4)C1)[C@@H]2CC3. The van der Waals surface area contributed by atoms with Crippen LogP contribution in [-0.4, -0.2) is 60.3 Å². The van der Waals surface area contributed by atoms with Gasteiger partial charge in [-0.2, -0.15) is 0 Å². The van der Waals surface area contributed by atoms with Crippen LogP contribution in [0.25, 0.3) is 0 Å². The lowest BCUT2D eigenvalue weighted by Gasteiger charge is -2.45. The van der Waals surface area contributed by atoms with Gasteiger partial charge in [0.25, 0.3) is 0 Å². The molecule has 6 bridgehead atoms. The molecule has 0 aromatic carbocycles. The fourth-order valence-corrected chi connectivity index (χ4v) is 6.75. The van der Waals surface area contributed by atoms with Gasteiger partial charge in [0.15, 0.2) is 0 Å². The molecule has 35 heavy (non-hydrogen) atoms. The number of piperidine rings is 1. The molecule has 194 valence electrons. The Labute approximate surface area is 215 Å². The second kappa shape index (κ2) is 15.0. The first-order chi connectivity index (χ1) is 17.3. The second-order valence-electron chi connectivity index (χ2n) is 11.5. The minimum absolute atomic E-state index is 0.382. The molecule has 0 amide bonds. The molecule has 1 N–H and O–H groups in total. The van der Waals surface area contributed by atoms with E-state index in [0.717, 1.165) is 37.9 Å². The molecular weight excluding hydrogens is 428 g/mol.